The molecule has 12 nitrogen and oxygen atoms in total. The van der Waals surface area contributed by atoms with Crippen LogP contribution in [0.5, 0.6) is 23.0 Å². The molecule has 0 spiro atoms. The lowest BCUT2D eigenvalue weighted by Crippen LogP contribution is -2.42. The van der Waals surface area contributed by atoms with Gasteiger partial charge >= 0.3 is 11.9 Å². The van der Waals surface area contributed by atoms with Gasteiger partial charge in [0.2, 0.25) is 11.8 Å². The van der Waals surface area contributed by atoms with Crippen molar-refractivity contribution in [1.82, 2.24) is 10.6 Å². The van der Waals surface area contributed by atoms with Crippen LogP contribution in [0.4, 0.5) is 0 Å². The first-order chi connectivity index (χ1) is 30.9. The summed E-state index contributed by atoms with van der Waals surface area (Å²) in [5.74, 6) is -2.11. The minimum Gasteiger partial charge on any atom is -0.493 e. The second-order valence-corrected chi connectivity index (χ2v) is 17.0. The lowest BCUT2D eigenvalue weighted by molar-refractivity contribution is -0.139. The topological polar surface area (TPSA) is 163 Å². The molecule has 0 saturated carbocycles. The summed E-state index contributed by atoms with van der Waals surface area (Å²) >= 11 is 0. The highest BCUT2D eigenvalue weighted by Crippen LogP contribution is 2.31. The van der Waals surface area contributed by atoms with Crippen molar-refractivity contribution in [2.75, 3.05) is 14.2 Å². The minimum absolute atomic E-state index is 0.127. The van der Waals surface area contributed by atoms with E-state index < -0.39 is 53.8 Å². The molecule has 0 aromatic heterocycles. The zero-order valence-electron chi connectivity index (χ0n) is 39.1. The van der Waals surface area contributed by atoms with Gasteiger partial charge in [0, 0.05) is 0 Å². The number of allylic oxidation sites excluding steroid dienone is 2. The van der Waals surface area contributed by atoms with Crippen molar-refractivity contribution < 1.29 is 47.7 Å². The maximum Gasteiger partial charge on any atom is 0.333 e. The average Bonchev–Trinajstić information content (AvgIpc) is 3.27. The number of nitrogens with one attached hydrogen (secondary N) is 2. The Hall–Kier alpha value is -6.82. The van der Waals surface area contributed by atoms with Gasteiger partial charge in [0.15, 0.2) is 34.6 Å². The van der Waals surface area contributed by atoms with Crippen LogP contribution in [-0.4, -0.2) is 61.6 Å². The number of amides is 2. The Bertz CT molecular complexity index is 2200. The van der Waals surface area contributed by atoms with Crippen LogP contribution >= 0.6 is 0 Å². The van der Waals surface area contributed by atoms with Crippen LogP contribution in [0.3, 0.4) is 0 Å². The van der Waals surface area contributed by atoms with Crippen molar-refractivity contribution in [1.29, 1.82) is 0 Å². The Morgan fingerprint density at radius 1 is 0.492 bits per heavy atom. The molecule has 4 atom stereocenters. The van der Waals surface area contributed by atoms with Crippen molar-refractivity contribution in [2.24, 2.45) is 11.8 Å². The van der Waals surface area contributed by atoms with Crippen LogP contribution < -0.4 is 29.6 Å². The molecule has 0 fully saturated rings. The maximum atomic E-state index is 13.0. The van der Waals surface area contributed by atoms with E-state index in [1.807, 2.05) is 48.5 Å². The van der Waals surface area contributed by atoms with Crippen LogP contribution in [-0.2, 0) is 41.6 Å². The van der Waals surface area contributed by atoms with Gasteiger partial charge in [0.1, 0.15) is 12.1 Å². The third kappa shape index (κ3) is 15.7. The van der Waals surface area contributed by atoms with Gasteiger partial charge in [-0.3, -0.25) is 19.2 Å². The summed E-state index contributed by atoms with van der Waals surface area (Å²) in [7, 11) is 2.81. The third-order valence-corrected chi connectivity index (χ3v) is 10.5. The molecule has 0 bridgehead atoms. The quantitative estimate of drug-likeness (QED) is 0.0338. The summed E-state index contributed by atoms with van der Waals surface area (Å²) in [6, 6.07) is 23.3. The first-order valence-corrected chi connectivity index (χ1v) is 21.9. The number of ketones is 2. The predicted molar refractivity (Wildman–Crippen MR) is 252 cm³/mol. The summed E-state index contributed by atoms with van der Waals surface area (Å²) in [5.41, 5.74) is 5.17. The van der Waals surface area contributed by atoms with Crippen molar-refractivity contribution in [3.63, 3.8) is 0 Å². The molecule has 344 valence electrons. The van der Waals surface area contributed by atoms with E-state index in [0.29, 0.717) is 23.0 Å². The molecule has 0 aliphatic heterocycles. The number of carbonyl (C=O) groups is 6. The Morgan fingerprint density at radius 3 is 1.17 bits per heavy atom. The fourth-order valence-corrected chi connectivity index (χ4v) is 6.73. The number of hydrogen-bond donors (Lipinski definition) is 2. The normalized spacial score (nSPS) is 13.2. The van der Waals surface area contributed by atoms with Crippen molar-refractivity contribution >= 4 is 47.5 Å². The molecule has 2 unspecified atom stereocenters. The average molecular weight is 887 g/mol. The molecular formula is C53H62N2O10. The van der Waals surface area contributed by atoms with Gasteiger partial charge in [-0.15, -0.1) is 0 Å². The van der Waals surface area contributed by atoms with Gasteiger partial charge in [-0.05, 0) is 122 Å². The van der Waals surface area contributed by atoms with Gasteiger partial charge in [-0.2, -0.15) is 0 Å². The number of hydrogen-bond acceptors (Lipinski definition) is 10. The first kappa shape index (κ1) is 50.8. The van der Waals surface area contributed by atoms with Crippen LogP contribution in [0.2, 0.25) is 0 Å². The number of esters is 2. The van der Waals surface area contributed by atoms with Crippen LogP contribution in [0.15, 0.2) is 97.1 Å². The zero-order valence-corrected chi connectivity index (χ0v) is 39.1. The van der Waals surface area contributed by atoms with Crippen molar-refractivity contribution in [3.05, 3.63) is 130 Å². The summed E-state index contributed by atoms with van der Waals surface area (Å²) in [6.07, 6.45) is 7.05. The number of methoxy groups -OCH3 is 2. The zero-order chi connectivity index (χ0) is 47.8. The molecule has 0 saturated heterocycles. The Morgan fingerprint density at radius 2 is 0.846 bits per heavy atom. The number of ether oxygens (including phenoxy) is 4. The van der Waals surface area contributed by atoms with Gasteiger partial charge in [-0.1, -0.05) is 101 Å². The van der Waals surface area contributed by atoms with E-state index in [1.165, 1.54) is 61.8 Å². The minimum atomic E-state index is -0.945. The molecule has 65 heavy (non-hydrogen) atoms. The lowest BCUT2D eigenvalue weighted by Gasteiger charge is -2.18. The van der Waals surface area contributed by atoms with Gasteiger partial charge in [0.25, 0.3) is 0 Å². The summed E-state index contributed by atoms with van der Waals surface area (Å²) in [5, 5.41) is 5.45. The first-order valence-electron chi connectivity index (χ1n) is 21.9. The monoisotopic (exact) mass is 886 g/mol. The molecule has 12 heteroatoms. The van der Waals surface area contributed by atoms with E-state index in [4.69, 9.17) is 18.9 Å². The molecule has 2 N–H and O–H groups in total. The second-order valence-electron chi connectivity index (χ2n) is 17.0. The fourth-order valence-electron chi connectivity index (χ4n) is 6.73. The van der Waals surface area contributed by atoms with E-state index in [0.717, 1.165) is 24.0 Å². The van der Waals surface area contributed by atoms with Gasteiger partial charge in [-0.25, -0.2) is 9.59 Å². The number of carbonyl (C=O) groups excluding carboxylic acids is 6. The molecular weight excluding hydrogens is 825 g/mol. The molecule has 2 amide bonds. The Balaban J connectivity index is 1.26. The van der Waals surface area contributed by atoms with E-state index >= 15 is 0 Å². The Labute approximate surface area is 382 Å². The fraction of sp³-hybridized carbons (Fsp3) is 0.358. The van der Waals surface area contributed by atoms with Crippen LogP contribution in [0.1, 0.15) is 107 Å². The Kier molecular flexibility index (Phi) is 19.0. The van der Waals surface area contributed by atoms with Gasteiger partial charge < -0.3 is 29.6 Å². The van der Waals surface area contributed by atoms with E-state index in [1.54, 1.807) is 52.0 Å². The molecule has 0 aliphatic rings. The molecule has 4 rings (SSSR count). The molecule has 0 radical (unpaired) electrons. The third-order valence-electron chi connectivity index (χ3n) is 10.5. The summed E-state index contributed by atoms with van der Waals surface area (Å²) in [4.78, 5) is 77.3. The highest BCUT2D eigenvalue weighted by Gasteiger charge is 2.25. The number of benzene rings is 4. The summed E-state index contributed by atoms with van der Waals surface area (Å²) in [6.45, 7) is 15.2. The molecule has 4 aromatic carbocycles. The highest BCUT2D eigenvalue weighted by atomic mass is 16.6. The summed E-state index contributed by atoms with van der Waals surface area (Å²) < 4.78 is 22.0. The van der Waals surface area contributed by atoms with Crippen molar-refractivity contribution in [2.45, 2.75) is 98.6 Å². The van der Waals surface area contributed by atoms with E-state index in [-0.39, 0.29) is 34.8 Å². The second kappa shape index (κ2) is 24.3. The van der Waals surface area contributed by atoms with Crippen LogP contribution in [0.25, 0.3) is 12.2 Å². The van der Waals surface area contributed by atoms with E-state index in [2.05, 4.69) is 38.3 Å². The van der Waals surface area contributed by atoms with E-state index in [9.17, 15) is 28.8 Å². The lowest BCUT2D eigenvalue weighted by atomic mass is 9.96. The smallest absolute Gasteiger partial charge is 0.333 e. The highest BCUT2D eigenvalue weighted by molar-refractivity contribution is 6.11. The molecule has 4 aromatic rings. The maximum absolute atomic E-state index is 13.0. The predicted octanol–water partition coefficient (Wildman–Crippen LogP) is 8.78. The SMILES string of the molecule is COc1cc(/C=C/C(=O)CC(=O)/C=C/c2ccc(OC(=O)[C@H](C)NC(=O)C(C)c3ccc(CC(C)C)cc3)c(OC)c2)ccc1OC(=O)[C@H](C)NC(=O)C(C)c1ccc(CC(C)C)cc1. The molecule has 0 aliphatic carbocycles. The number of rotatable bonds is 22. The van der Waals surface area contributed by atoms with Crippen LogP contribution in [0, 0.1) is 11.8 Å². The standard InChI is InChI=1S/C53H62N2O10/c1-32(2)27-38-11-19-42(20-12-38)34(5)50(58)54-36(7)52(60)64-46-25-17-40(29-48(46)62-9)15-23-44(56)31-45(57)24-16-41-18-26-47(49(30-41)63-10)65-53(61)37(8)55-51(59)35(6)43-21-13-39(14-22-43)28-33(3)4/h11-26,29-30,32-37H,27-28,31H2,1-10H3,(H,54,58)(H,55,59)/b23-15+,24-16+/t34?,35?,36-,37-/m0/s1. The largest absolute Gasteiger partial charge is 0.493 e. The molecule has 0 heterocycles. The van der Waals surface area contributed by atoms with Crippen molar-refractivity contribution in [3.8, 4) is 23.0 Å². The van der Waals surface area contributed by atoms with Gasteiger partial charge in [0.05, 0.1) is 32.5 Å².